The highest BCUT2D eigenvalue weighted by Crippen LogP contribution is 2.14. The number of rotatable bonds is 2. The van der Waals surface area contributed by atoms with Crippen molar-refractivity contribution in [2.45, 2.75) is 6.42 Å². The molecule has 1 heterocycles. The van der Waals surface area contributed by atoms with Crippen molar-refractivity contribution >= 4 is 5.97 Å². The van der Waals surface area contributed by atoms with Crippen LogP contribution in [-0.4, -0.2) is 32.8 Å². The van der Waals surface area contributed by atoms with Crippen molar-refractivity contribution in [3.05, 3.63) is 17.0 Å². The Morgan fingerprint density at radius 1 is 1.83 bits per heavy atom. The van der Waals surface area contributed by atoms with E-state index in [1.54, 1.807) is 0 Å². The second-order valence-electron chi connectivity index (χ2n) is 2.15. The van der Waals surface area contributed by atoms with Crippen molar-refractivity contribution in [2.75, 3.05) is 6.54 Å². The average Bonchev–Trinajstić information content (AvgIpc) is 2.50. The molecule has 0 aromatic heterocycles. The van der Waals surface area contributed by atoms with Crippen LogP contribution >= 0.6 is 0 Å². The van der Waals surface area contributed by atoms with Gasteiger partial charge < -0.3 is 15.5 Å². The van der Waals surface area contributed by atoms with E-state index in [9.17, 15) is 10.0 Å². The topological polar surface area (TPSA) is 99.2 Å². The number of hydrogen-bond acceptors (Lipinski definition) is 3. The van der Waals surface area contributed by atoms with E-state index in [0.29, 0.717) is 6.42 Å². The number of carboxylic acids is 1. The molecular weight excluding hydrogens is 166 g/mol. The van der Waals surface area contributed by atoms with Gasteiger partial charge in [-0.1, -0.05) is 0 Å². The van der Waals surface area contributed by atoms with Crippen molar-refractivity contribution in [3.8, 4) is 0 Å². The Morgan fingerprint density at radius 3 is 3.00 bits per heavy atom. The van der Waals surface area contributed by atoms with E-state index in [2.05, 4.69) is 5.28 Å². The van der Waals surface area contributed by atoms with Crippen LogP contribution in [0, 0.1) is 5.21 Å². The summed E-state index contributed by atoms with van der Waals surface area (Å²) in [5.41, 5.74) is -0.164. The summed E-state index contributed by atoms with van der Waals surface area (Å²) in [6.07, 6.45) is 1.84. The molecular formula is C5H7N3O4. The van der Waals surface area contributed by atoms with Gasteiger partial charge in [0.25, 0.3) is 0 Å². The number of aliphatic carboxylic acids is 1. The summed E-state index contributed by atoms with van der Waals surface area (Å²) in [5, 5.41) is 30.4. The molecule has 0 saturated heterocycles. The highest BCUT2D eigenvalue weighted by Gasteiger charge is 2.28. The third-order valence-corrected chi connectivity index (χ3v) is 1.46. The molecule has 0 aromatic carbocycles. The average molecular weight is 173 g/mol. The monoisotopic (exact) mass is 173 g/mol. The normalized spacial score (nSPS) is 17.8. The van der Waals surface area contributed by atoms with Gasteiger partial charge in [-0.2, -0.15) is 0 Å². The molecule has 0 spiro atoms. The summed E-state index contributed by atoms with van der Waals surface area (Å²) in [6.45, 7) is 0.217. The minimum absolute atomic E-state index is 0.160. The lowest BCUT2D eigenvalue weighted by molar-refractivity contribution is -0.696. The fourth-order valence-corrected chi connectivity index (χ4v) is 0.973. The van der Waals surface area contributed by atoms with Gasteiger partial charge in [0.2, 0.25) is 5.28 Å². The lowest BCUT2D eigenvalue weighted by Gasteiger charge is -2.11. The maximum absolute atomic E-state index is 10.7. The quantitative estimate of drug-likeness (QED) is 0.346. The largest absolute Gasteiger partial charge is 0.569 e. The van der Waals surface area contributed by atoms with Gasteiger partial charge >= 0.3 is 5.97 Å². The minimum atomic E-state index is -1.21. The van der Waals surface area contributed by atoms with Crippen LogP contribution in [0.15, 0.2) is 17.1 Å². The van der Waals surface area contributed by atoms with E-state index in [4.69, 9.17) is 10.3 Å². The summed E-state index contributed by atoms with van der Waals surface area (Å²) in [6, 6.07) is 0. The highest BCUT2D eigenvalue weighted by molar-refractivity contribution is 5.85. The molecule has 12 heavy (non-hydrogen) atoms. The third-order valence-electron chi connectivity index (χ3n) is 1.46. The summed E-state index contributed by atoms with van der Waals surface area (Å²) in [5.74, 6) is -1.21. The van der Waals surface area contributed by atoms with Gasteiger partial charge in [0.15, 0.2) is 5.70 Å². The number of carboxylic acid groups (broad SMARTS) is 1. The molecule has 1 aliphatic heterocycles. The van der Waals surface area contributed by atoms with E-state index in [1.807, 2.05) is 0 Å². The molecule has 1 aliphatic rings. The van der Waals surface area contributed by atoms with E-state index < -0.39 is 5.97 Å². The van der Waals surface area contributed by atoms with Crippen LogP contribution in [0.3, 0.4) is 0 Å². The molecule has 0 radical (unpaired) electrons. The first-order valence-corrected chi connectivity index (χ1v) is 3.20. The van der Waals surface area contributed by atoms with Gasteiger partial charge in [-0.3, -0.25) is 0 Å². The molecule has 2 N–H and O–H groups in total. The van der Waals surface area contributed by atoms with Gasteiger partial charge in [0.1, 0.15) is 0 Å². The highest BCUT2D eigenvalue weighted by atomic mass is 16.6. The van der Waals surface area contributed by atoms with Crippen LogP contribution in [-0.2, 0) is 4.79 Å². The van der Waals surface area contributed by atoms with Crippen molar-refractivity contribution in [1.82, 2.24) is 5.01 Å². The zero-order valence-corrected chi connectivity index (χ0v) is 6.04. The zero-order valence-electron chi connectivity index (χ0n) is 6.04. The fourth-order valence-electron chi connectivity index (χ4n) is 0.973. The molecule has 0 bridgehead atoms. The lowest BCUT2D eigenvalue weighted by atomic mass is 10.4. The number of hydrogen-bond donors (Lipinski definition) is 2. The van der Waals surface area contributed by atoms with Gasteiger partial charge in [-0.15, -0.1) is 5.01 Å². The summed E-state index contributed by atoms with van der Waals surface area (Å²) >= 11 is 0. The van der Waals surface area contributed by atoms with E-state index >= 15 is 0 Å². The van der Waals surface area contributed by atoms with E-state index in [-0.39, 0.29) is 17.2 Å². The zero-order chi connectivity index (χ0) is 9.14. The van der Waals surface area contributed by atoms with E-state index in [0.717, 1.165) is 5.01 Å². The number of carbonyl (C=O) groups is 1. The maximum Gasteiger partial charge on any atom is 0.357 e. The first-order chi connectivity index (χ1) is 5.66. The molecule has 0 unspecified atom stereocenters. The molecule has 0 fully saturated rings. The van der Waals surface area contributed by atoms with Crippen LogP contribution in [0.4, 0.5) is 0 Å². The predicted molar refractivity (Wildman–Crippen MR) is 34.9 cm³/mol. The number of nitrogens with zero attached hydrogens (tertiary/aromatic N) is 3. The van der Waals surface area contributed by atoms with Crippen LogP contribution in [0.1, 0.15) is 6.42 Å². The molecule has 7 heteroatoms. The van der Waals surface area contributed by atoms with E-state index in [1.165, 1.54) is 6.08 Å². The summed E-state index contributed by atoms with van der Waals surface area (Å²) < 4.78 is 0. The first kappa shape index (κ1) is 8.31. The van der Waals surface area contributed by atoms with Crippen molar-refractivity contribution in [3.63, 3.8) is 0 Å². The van der Waals surface area contributed by atoms with Crippen molar-refractivity contribution < 1.29 is 20.1 Å². The second kappa shape index (κ2) is 3.07. The Labute approximate surface area is 67.3 Å². The van der Waals surface area contributed by atoms with Gasteiger partial charge in [-0.25, -0.2) is 4.79 Å². The molecule has 0 aliphatic carbocycles. The van der Waals surface area contributed by atoms with Gasteiger partial charge in [0.05, 0.1) is 11.5 Å². The minimum Gasteiger partial charge on any atom is -0.569 e. The third kappa shape index (κ3) is 1.29. The molecule has 0 saturated carbocycles. The second-order valence-corrected chi connectivity index (χ2v) is 2.15. The van der Waals surface area contributed by atoms with Gasteiger partial charge in [-0.05, 0) is 12.5 Å². The molecule has 0 amide bonds. The molecule has 7 nitrogen and oxygen atoms in total. The summed E-state index contributed by atoms with van der Waals surface area (Å²) in [4.78, 5) is 10.3. The Morgan fingerprint density at radius 2 is 2.50 bits per heavy atom. The molecule has 1 rings (SSSR count). The van der Waals surface area contributed by atoms with Crippen molar-refractivity contribution in [1.29, 1.82) is 0 Å². The Balaban J connectivity index is 2.82. The summed E-state index contributed by atoms with van der Waals surface area (Å²) in [7, 11) is 0. The standard InChI is InChI=1S/C5H7N3O4/c9-5(10)4-2-1-3-7(4)8(12)6-11/h2,11H,1,3H2,(H,9,10). The SMILES string of the molecule is O=C(O)C1=CCCN1[N+]([O-])=NO. The first-order valence-electron chi connectivity index (χ1n) is 3.20. The van der Waals surface area contributed by atoms with Crippen molar-refractivity contribution in [2.24, 2.45) is 5.28 Å². The Kier molecular flexibility index (Phi) is 2.13. The smallest absolute Gasteiger partial charge is 0.357 e. The van der Waals surface area contributed by atoms with Crippen LogP contribution in [0.25, 0.3) is 0 Å². The molecule has 0 aromatic rings. The van der Waals surface area contributed by atoms with Crippen LogP contribution < -0.4 is 0 Å². The lowest BCUT2D eigenvalue weighted by Crippen LogP contribution is -2.30. The predicted octanol–water partition coefficient (Wildman–Crippen LogP) is -0.0727. The van der Waals surface area contributed by atoms with Crippen LogP contribution in [0.5, 0.6) is 0 Å². The molecule has 0 atom stereocenters. The van der Waals surface area contributed by atoms with Gasteiger partial charge in [0, 0.05) is 0 Å². The van der Waals surface area contributed by atoms with Crippen LogP contribution in [0.2, 0.25) is 0 Å². The Bertz CT molecular complexity index is 259. The maximum atomic E-state index is 10.7. The Hall–Kier alpha value is -1.79. The number of hydrazine groups is 1. The molecule has 66 valence electrons. The fraction of sp³-hybridized carbons (Fsp3) is 0.400.